The first-order valence-corrected chi connectivity index (χ1v) is 7.36. The smallest absolute Gasteiger partial charge is 0.0912 e. The summed E-state index contributed by atoms with van der Waals surface area (Å²) in [7, 11) is 0. The highest BCUT2D eigenvalue weighted by Gasteiger charge is 2.59. The number of hydrogen-bond donors (Lipinski definition) is 0. The zero-order valence-corrected chi connectivity index (χ0v) is 11.4. The molecule has 4 atom stereocenters. The highest BCUT2D eigenvalue weighted by molar-refractivity contribution is 5.79. The lowest BCUT2D eigenvalue weighted by atomic mass is 9.59. The average molecular weight is 260 g/mol. The van der Waals surface area contributed by atoms with Crippen LogP contribution in [0.5, 0.6) is 0 Å². The molecule has 0 saturated carbocycles. The Balaban J connectivity index is 1.64. The van der Waals surface area contributed by atoms with Gasteiger partial charge in [-0.25, -0.2) is 0 Å². The number of rotatable bonds is 1. The topological polar surface area (TPSA) is 9.23 Å². The molecular weight excluding hydrogens is 244 g/mol. The molecule has 0 spiro atoms. The van der Waals surface area contributed by atoms with Crippen LogP contribution in [0.15, 0.2) is 60.2 Å². The van der Waals surface area contributed by atoms with Gasteiger partial charge in [-0.05, 0) is 29.2 Å². The molecule has 1 aliphatic carbocycles. The Labute approximate surface area is 118 Å². The van der Waals surface area contributed by atoms with Crippen molar-refractivity contribution in [3.8, 4) is 0 Å². The zero-order valence-electron chi connectivity index (χ0n) is 11.4. The monoisotopic (exact) mass is 260 g/mol. The van der Waals surface area contributed by atoms with Crippen LogP contribution in [0.2, 0.25) is 0 Å². The number of fused-ring (bicyclic) bond motifs is 8. The summed E-state index contributed by atoms with van der Waals surface area (Å²) >= 11 is 0. The number of benzene rings is 2. The minimum absolute atomic E-state index is 0.278. The molecule has 2 aliphatic heterocycles. The molecule has 0 amide bonds. The maximum atomic E-state index is 6.31. The Morgan fingerprint density at radius 2 is 1.35 bits per heavy atom. The molecule has 1 nitrogen and oxygen atoms in total. The average Bonchev–Trinajstić information content (AvgIpc) is 3.01. The first-order chi connectivity index (χ1) is 9.86. The second-order valence-electron chi connectivity index (χ2n) is 6.12. The number of hydrogen-bond acceptors (Lipinski definition) is 1. The van der Waals surface area contributed by atoms with Crippen LogP contribution in [0.4, 0.5) is 0 Å². The molecule has 20 heavy (non-hydrogen) atoms. The first-order valence-electron chi connectivity index (χ1n) is 7.36. The third-order valence-electron chi connectivity index (χ3n) is 5.28. The van der Waals surface area contributed by atoms with E-state index < -0.39 is 0 Å². The van der Waals surface area contributed by atoms with Gasteiger partial charge in [0.2, 0.25) is 0 Å². The highest BCUT2D eigenvalue weighted by atomic mass is 16.5. The van der Waals surface area contributed by atoms with Crippen molar-refractivity contribution in [3.05, 3.63) is 76.9 Å². The minimum atomic E-state index is 0.278. The molecule has 0 aromatic heterocycles. The summed E-state index contributed by atoms with van der Waals surface area (Å²) < 4.78 is 6.31. The van der Waals surface area contributed by atoms with Crippen LogP contribution in [-0.4, -0.2) is 0 Å². The molecule has 2 heterocycles. The molecular formula is C19H16O. The van der Waals surface area contributed by atoms with Crippen molar-refractivity contribution in [2.45, 2.75) is 19.1 Å². The summed E-state index contributed by atoms with van der Waals surface area (Å²) in [4.78, 5) is 0. The van der Waals surface area contributed by atoms with Crippen molar-refractivity contribution in [1.82, 2.24) is 0 Å². The van der Waals surface area contributed by atoms with Gasteiger partial charge in [-0.1, -0.05) is 60.2 Å². The van der Waals surface area contributed by atoms with Gasteiger partial charge in [0, 0.05) is 11.8 Å². The lowest BCUT2D eigenvalue weighted by Crippen LogP contribution is -2.33. The van der Waals surface area contributed by atoms with Gasteiger partial charge in [-0.2, -0.15) is 0 Å². The van der Waals surface area contributed by atoms with Crippen LogP contribution in [0.3, 0.4) is 0 Å². The number of ether oxygens (including phenoxy) is 1. The van der Waals surface area contributed by atoms with Crippen LogP contribution >= 0.6 is 0 Å². The van der Waals surface area contributed by atoms with E-state index in [1.54, 1.807) is 0 Å². The van der Waals surface area contributed by atoms with Crippen molar-refractivity contribution in [3.63, 3.8) is 0 Å². The van der Waals surface area contributed by atoms with Gasteiger partial charge in [-0.3, -0.25) is 0 Å². The Morgan fingerprint density at radius 1 is 0.750 bits per heavy atom. The summed E-state index contributed by atoms with van der Waals surface area (Å²) in [5.41, 5.74) is 7.27. The van der Waals surface area contributed by atoms with E-state index in [1.165, 1.54) is 27.8 Å². The largest absolute Gasteiger partial charge is 0.364 e. The lowest BCUT2D eigenvalue weighted by Gasteiger charge is -2.42. The van der Waals surface area contributed by atoms with Gasteiger partial charge in [0.1, 0.15) is 0 Å². The summed E-state index contributed by atoms with van der Waals surface area (Å²) in [6, 6.07) is 19.6. The van der Waals surface area contributed by atoms with Crippen molar-refractivity contribution in [1.29, 1.82) is 0 Å². The fraction of sp³-hybridized carbons (Fsp3) is 0.263. The molecule has 1 heteroatoms. The van der Waals surface area contributed by atoms with Crippen molar-refractivity contribution >= 4 is 5.57 Å². The van der Waals surface area contributed by atoms with Crippen molar-refractivity contribution < 1.29 is 4.74 Å². The summed E-state index contributed by atoms with van der Waals surface area (Å²) in [6.45, 7) is 2.29. The quantitative estimate of drug-likeness (QED) is 0.732. The van der Waals surface area contributed by atoms with Crippen LogP contribution < -0.4 is 0 Å². The molecule has 1 saturated heterocycles. The van der Waals surface area contributed by atoms with E-state index in [0.29, 0.717) is 17.9 Å². The Bertz CT molecular complexity index is 728. The van der Waals surface area contributed by atoms with Gasteiger partial charge in [0.25, 0.3) is 0 Å². The first kappa shape index (κ1) is 10.9. The summed E-state index contributed by atoms with van der Waals surface area (Å²) in [5.74, 6) is 1.17. The van der Waals surface area contributed by atoms with Crippen molar-refractivity contribution in [2.75, 3.05) is 0 Å². The molecule has 1 fully saturated rings. The van der Waals surface area contributed by atoms with Crippen LogP contribution in [-0.2, 0) is 4.74 Å². The second kappa shape index (κ2) is 3.62. The molecule has 3 aliphatic rings. The maximum Gasteiger partial charge on any atom is 0.0912 e. The molecule has 0 unspecified atom stereocenters. The van der Waals surface area contributed by atoms with E-state index in [1.807, 2.05) is 0 Å². The second-order valence-corrected chi connectivity index (χ2v) is 6.12. The van der Waals surface area contributed by atoms with Gasteiger partial charge in [-0.15, -0.1) is 0 Å². The van der Waals surface area contributed by atoms with E-state index in [0.717, 1.165) is 0 Å². The fourth-order valence-corrected chi connectivity index (χ4v) is 4.48. The molecule has 2 bridgehead atoms. The van der Waals surface area contributed by atoms with Crippen LogP contribution in [0, 0.1) is 11.8 Å². The molecule has 2 aromatic rings. The van der Waals surface area contributed by atoms with Crippen LogP contribution in [0.25, 0.3) is 5.57 Å². The molecule has 0 radical (unpaired) electrons. The van der Waals surface area contributed by atoms with E-state index in [2.05, 4.69) is 61.5 Å². The minimum Gasteiger partial charge on any atom is -0.364 e. The molecule has 98 valence electrons. The van der Waals surface area contributed by atoms with Gasteiger partial charge in [0.05, 0.1) is 12.2 Å². The summed E-state index contributed by atoms with van der Waals surface area (Å²) in [6.07, 6.45) is 0.578. The predicted molar refractivity (Wildman–Crippen MR) is 79.0 cm³/mol. The van der Waals surface area contributed by atoms with E-state index in [4.69, 9.17) is 4.74 Å². The van der Waals surface area contributed by atoms with E-state index in [9.17, 15) is 0 Å². The zero-order chi connectivity index (χ0) is 13.3. The molecule has 0 N–H and O–H groups in total. The standard InChI is InChI=1S/C19H16O/c1-11-15(12-7-3-2-4-8-12)17-16(11)18-13-9-5-6-10-14(13)19(17)20-18/h2-10,16-19H,1H3/t16-,17+,18+,19-/m1/s1. The highest BCUT2D eigenvalue weighted by Crippen LogP contribution is 2.68. The van der Waals surface area contributed by atoms with Gasteiger partial charge >= 0.3 is 0 Å². The predicted octanol–water partition coefficient (Wildman–Crippen LogP) is 4.53. The normalized spacial score (nSPS) is 32.9. The van der Waals surface area contributed by atoms with Gasteiger partial charge in [0.15, 0.2) is 0 Å². The third-order valence-corrected chi connectivity index (χ3v) is 5.28. The van der Waals surface area contributed by atoms with E-state index in [-0.39, 0.29) is 6.10 Å². The third kappa shape index (κ3) is 1.13. The SMILES string of the molecule is CC1=C(c2ccccc2)[C@H]2[C@@H]1[C@H]1O[C@@H]2c2ccccc21. The Hall–Kier alpha value is -1.86. The van der Waals surface area contributed by atoms with E-state index >= 15 is 0 Å². The maximum absolute atomic E-state index is 6.31. The summed E-state index contributed by atoms with van der Waals surface area (Å²) in [5, 5.41) is 0. The lowest BCUT2D eigenvalue weighted by molar-refractivity contribution is 0.0621. The van der Waals surface area contributed by atoms with Crippen molar-refractivity contribution in [2.24, 2.45) is 11.8 Å². The van der Waals surface area contributed by atoms with Gasteiger partial charge < -0.3 is 4.74 Å². The van der Waals surface area contributed by atoms with Crippen LogP contribution in [0.1, 0.15) is 35.8 Å². The fourth-order valence-electron chi connectivity index (χ4n) is 4.48. The Kier molecular flexibility index (Phi) is 1.97. The molecule has 2 aromatic carbocycles. The Morgan fingerprint density at radius 3 is 2.05 bits per heavy atom. The molecule has 5 rings (SSSR count).